The highest BCUT2D eigenvalue weighted by Crippen LogP contribution is 2.16. The van der Waals surface area contributed by atoms with Crippen LogP contribution in [0.15, 0.2) is 79.1 Å². The molecule has 0 fully saturated rings. The summed E-state index contributed by atoms with van der Waals surface area (Å²) in [4.78, 5) is 28.4. The molecule has 2 amide bonds. The molecule has 5 nitrogen and oxygen atoms in total. The van der Waals surface area contributed by atoms with Crippen LogP contribution in [0.1, 0.15) is 26.3 Å². The zero-order valence-electron chi connectivity index (χ0n) is 13.5. The van der Waals surface area contributed by atoms with Crippen molar-refractivity contribution in [1.82, 2.24) is 10.3 Å². The largest absolute Gasteiger partial charge is 0.348 e. The van der Waals surface area contributed by atoms with E-state index in [1.54, 1.807) is 36.5 Å². The first kappa shape index (κ1) is 16.4. The van der Waals surface area contributed by atoms with Gasteiger partial charge in [0.15, 0.2) is 0 Å². The molecule has 25 heavy (non-hydrogen) atoms. The summed E-state index contributed by atoms with van der Waals surface area (Å²) in [5, 5.41) is 5.73. The Bertz CT molecular complexity index is 864. The van der Waals surface area contributed by atoms with Crippen molar-refractivity contribution in [2.75, 3.05) is 5.32 Å². The topological polar surface area (TPSA) is 71.1 Å². The first-order chi connectivity index (χ1) is 12.2. The molecule has 3 aromatic rings. The Labute approximate surface area is 145 Å². The van der Waals surface area contributed by atoms with E-state index < -0.39 is 0 Å². The smallest absolute Gasteiger partial charge is 0.257 e. The summed E-state index contributed by atoms with van der Waals surface area (Å²) in [6.45, 7) is 0.317. The van der Waals surface area contributed by atoms with Crippen molar-refractivity contribution >= 4 is 17.5 Å². The number of nitrogens with zero attached hydrogens (tertiary/aromatic N) is 1. The minimum atomic E-state index is -0.241. The van der Waals surface area contributed by atoms with Crippen molar-refractivity contribution < 1.29 is 9.59 Å². The van der Waals surface area contributed by atoms with Gasteiger partial charge in [0.2, 0.25) is 0 Å². The lowest BCUT2D eigenvalue weighted by molar-refractivity contribution is 0.0950. The normalized spacial score (nSPS) is 10.1. The van der Waals surface area contributed by atoms with Crippen LogP contribution in [0, 0.1) is 0 Å². The maximum atomic E-state index is 12.3. The quantitative estimate of drug-likeness (QED) is 0.754. The van der Waals surface area contributed by atoms with Gasteiger partial charge in [-0.05, 0) is 35.9 Å². The van der Waals surface area contributed by atoms with E-state index >= 15 is 0 Å². The van der Waals surface area contributed by atoms with E-state index in [4.69, 9.17) is 0 Å². The molecule has 0 aliphatic rings. The van der Waals surface area contributed by atoms with Gasteiger partial charge in [-0.1, -0.05) is 36.4 Å². The molecule has 0 atom stereocenters. The number of rotatable bonds is 5. The van der Waals surface area contributed by atoms with Crippen LogP contribution in [0.2, 0.25) is 0 Å². The molecular weight excluding hydrogens is 314 g/mol. The van der Waals surface area contributed by atoms with E-state index in [0.717, 1.165) is 5.56 Å². The standard InChI is InChI=1S/C20H17N3O2/c24-19(15-7-2-1-3-8-15)22-14-16-9-4-5-11-18(16)23-20(25)17-10-6-12-21-13-17/h1-13H,14H2,(H,22,24)(H,23,25). The van der Waals surface area contributed by atoms with Crippen LogP contribution in [-0.2, 0) is 6.54 Å². The minimum absolute atomic E-state index is 0.158. The third-order valence-electron chi connectivity index (χ3n) is 3.66. The number of nitrogens with one attached hydrogen (secondary N) is 2. The van der Waals surface area contributed by atoms with E-state index in [0.29, 0.717) is 23.4 Å². The molecule has 0 aliphatic heterocycles. The summed E-state index contributed by atoms with van der Waals surface area (Å²) >= 11 is 0. The molecule has 0 unspecified atom stereocenters. The molecule has 1 heterocycles. The highest BCUT2D eigenvalue weighted by molar-refractivity contribution is 6.04. The summed E-state index contributed by atoms with van der Waals surface area (Å²) in [7, 11) is 0. The molecule has 1 aromatic heterocycles. The summed E-state index contributed by atoms with van der Waals surface area (Å²) < 4.78 is 0. The third kappa shape index (κ3) is 4.29. The molecule has 2 N–H and O–H groups in total. The molecule has 0 bridgehead atoms. The number of carbonyl (C=O) groups is 2. The Morgan fingerprint density at radius 3 is 2.28 bits per heavy atom. The van der Waals surface area contributed by atoms with Gasteiger partial charge in [0.05, 0.1) is 5.56 Å². The SMILES string of the molecule is O=C(NCc1ccccc1NC(=O)c1cccnc1)c1ccccc1. The van der Waals surface area contributed by atoms with Crippen molar-refractivity contribution in [2.24, 2.45) is 0 Å². The second kappa shape index (κ2) is 7.88. The van der Waals surface area contributed by atoms with E-state index in [9.17, 15) is 9.59 Å². The number of hydrogen-bond donors (Lipinski definition) is 2. The van der Waals surface area contributed by atoms with Crippen LogP contribution >= 0.6 is 0 Å². The maximum Gasteiger partial charge on any atom is 0.257 e. The third-order valence-corrected chi connectivity index (χ3v) is 3.66. The van der Waals surface area contributed by atoms with Gasteiger partial charge in [-0.2, -0.15) is 0 Å². The average Bonchev–Trinajstić information content (AvgIpc) is 2.68. The van der Waals surface area contributed by atoms with Crippen molar-refractivity contribution in [1.29, 1.82) is 0 Å². The molecule has 0 spiro atoms. The van der Waals surface area contributed by atoms with E-state index in [2.05, 4.69) is 15.6 Å². The van der Waals surface area contributed by atoms with Crippen LogP contribution in [0.5, 0.6) is 0 Å². The van der Waals surface area contributed by atoms with Gasteiger partial charge >= 0.3 is 0 Å². The van der Waals surface area contributed by atoms with Crippen LogP contribution in [0.3, 0.4) is 0 Å². The van der Waals surface area contributed by atoms with Gasteiger partial charge in [-0.15, -0.1) is 0 Å². The van der Waals surface area contributed by atoms with Crippen molar-refractivity contribution in [3.05, 3.63) is 95.8 Å². The number of carbonyl (C=O) groups excluding carboxylic acids is 2. The molecular formula is C20H17N3O2. The van der Waals surface area contributed by atoms with E-state index in [-0.39, 0.29) is 11.8 Å². The molecule has 0 saturated carbocycles. The van der Waals surface area contributed by atoms with Gasteiger partial charge in [0, 0.05) is 30.2 Å². The lowest BCUT2D eigenvalue weighted by Crippen LogP contribution is -2.23. The molecule has 0 saturated heterocycles. The van der Waals surface area contributed by atoms with Crippen molar-refractivity contribution in [2.45, 2.75) is 6.54 Å². The average molecular weight is 331 g/mol. The highest BCUT2D eigenvalue weighted by Gasteiger charge is 2.10. The first-order valence-corrected chi connectivity index (χ1v) is 7.86. The van der Waals surface area contributed by atoms with E-state index in [1.165, 1.54) is 6.20 Å². The molecule has 3 rings (SSSR count). The van der Waals surface area contributed by atoms with Crippen LogP contribution < -0.4 is 10.6 Å². The Kier molecular flexibility index (Phi) is 5.16. The number of pyridine rings is 1. The second-order valence-corrected chi connectivity index (χ2v) is 5.40. The second-order valence-electron chi connectivity index (χ2n) is 5.40. The van der Waals surface area contributed by atoms with Crippen LogP contribution in [0.25, 0.3) is 0 Å². The monoisotopic (exact) mass is 331 g/mol. The predicted molar refractivity (Wildman–Crippen MR) is 96.2 cm³/mol. The van der Waals surface area contributed by atoms with Gasteiger partial charge in [-0.3, -0.25) is 14.6 Å². The van der Waals surface area contributed by atoms with Gasteiger partial charge in [0.1, 0.15) is 0 Å². The number of aromatic nitrogens is 1. The number of para-hydroxylation sites is 1. The molecule has 124 valence electrons. The summed E-state index contributed by atoms with van der Waals surface area (Å²) in [5.74, 6) is -0.399. The number of amides is 2. The number of benzene rings is 2. The van der Waals surface area contributed by atoms with Gasteiger partial charge in [0.25, 0.3) is 11.8 Å². The number of hydrogen-bond acceptors (Lipinski definition) is 3. The van der Waals surface area contributed by atoms with Crippen LogP contribution in [-0.4, -0.2) is 16.8 Å². The predicted octanol–water partition coefficient (Wildman–Crippen LogP) is 3.26. The lowest BCUT2D eigenvalue weighted by atomic mass is 10.1. The van der Waals surface area contributed by atoms with Crippen molar-refractivity contribution in [3.63, 3.8) is 0 Å². The fraction of sp³-hybridized carbons (Fsp3) is 0.0500. The summed E-state index contributed by atoms with van der Waals surface area (Å²) in [6.07, 6.45) is 3.12. The first-order valence-electron chi connectivity index (χ1n) is 7.86. The Morgan fingerprint density at radius 1 is 0.800 bits per heavy atom. The fourth-order valence-electron chi connectivity index (χ4n) is 2.36. The maximum absolute atomic E-state index is 12.3. The Balaban J connectivity index is 1.69. The zero-order valence-corrected chi connectivity index (χ0v) is 13.5. The van der Waals surface area contributed by atoms with Crippen LogP contribution in [0.4, 0.5) is 5.69 Å². The van der Waals surface area contributed by atoms with Crippen molar-refractivity contribution in [3.8, 4) is 0 Å². The fourth-order valence-corrected chi connectivity index (χ4v) is 2.36. The molecule has 5 heteroatoms. The molecule has 0 aliphatic carbocycles. The lowest BCUT2D eigenvalue weighted by Gasteiger charge is -2.12. The number of anilines is 1. The Hall–Kier alpha value is -3.47. The van der Waals surface area contributed by atoms with Gasteiger partial charge in [-0.25, -0.2) is 0 Å². The molecule has 2 aromatic carbocycles. The minimum Gasteiger partial charge on any atom is -0.348 e. The highest BCUT2D eigenvalue weighted by atomic mass is 16.2. The summed E-state index contributed by atoms with van der Waals surface area (Å²) in [5.41, 5.74) is 2.55. The zero-order chi connectivity index (χ0) is 17.5. The summed E-state index contributed by atoms with van der Waals surface area (Å²) in [6, 6.07) is 19.8. The molecule has 0 radical (unpaired) electrons. The Morgan fingerprint density at radius 2 is 1.52 bits per heavy atom. The van der Waals surface area contributed by atoms with E-state index in [1.807, 2.05) is 36.4 Å². The van der Waals surface area contributed by atoms with Gasteiger partial charge < -0.3 is 10.6 Å².